The topological polar surface area (TPSA) is 111 Å². The number of carbonyl (C=O) groups is 3. The molecule has 0 aliphatic heterocycles. The van der Waals surface area contributed by atoms with E-state index in [-0.39, 0.29) is 25.0 Å². The number of nitrogens with one attached hydrogen (secondary N) is 2. The fourth-order valence-corrected chi connectivity index (χ4v) is 2.04. The second-order valence-electron chi connectivity index (χ2n) is 5.35. The molecule has 7 nitrogen and oxygen atoms in total. The summed E-state index contributed by atoms with van der Waals surface area (Å²) in [5, 5.41) is 5.69. The predicted octanol–water partition coefficient (Wildman–Crippen LogP) is 1.90. The molecule has 0 saturated carbocycles. The molecular weight excluding hydrogens is 334 g/mol. The molecule has 2 atom stereocenters. The molecule has 132 valence electrons. The SMILES string of the molecule is CC[C@H](C)NC(=O)COC(=O)C[C@H](NC(N)=O)c1ccc(Cl)cc1. The smallest absolute Gasteiger partial charge is 0.312 e. The first kappa shape index (κ1) is 19.8. The van der Waals surface area contributed by atoms with Gasteiger partial charge in [-0.3, -0.25) is 9.59 Å². The number of benzene rings is 1. The van der Waals surface area contributed by atoms with Crippen LogP contribution >= 0.6 is 11.6 Å². The summed E-state index contributed by atoms with van der Waals surface area (Å²) in [5.74, 6) is -0.994. The van der Waals surface area contributed by atoms with E-state index in [9.17, 15) is 14.4 Å². The number of esters is 1. The van der Waals surface area contributed by atoms with Crippen LogP contribution in [0.1, 0.15) is 38.3 Å². The normalized spacial score (nSPS) is 12.8. The molecule has 1 aromatic rings. The van der Waals surface area contributed by atoms with Crippen molar-refractivity contribution in [3.8, 4) is 0 Å². The number of hydrogen-bond donors (Lipinski definition) is 3. The fourth-order valence-electron chi connectivity index (χ4n) is 1.91. The van der Waals surface area contributed by atoms with Gasteiger partial charge < -0.3 is 21.1 Å². The monoisotopic (exact) mass is 355 g/mol. The lowest BCUT2D eigenvalue weighted by Gasteiger charge is -2.17. The van der Waals surface area contributed by atoms with Crippen LogP contribution in [0.2, 0.25) is 5.02 Å². The highest BCUT2D eigenvalue weighted by atomic mass is 35.5. The first-order chi connectivity index (χ1) is 11.3. The minimum Gasteiger partial charge on any atom is -0.456 e. The Hall–Kier alpha value is -2.28. The minimum atomic E-state index is -0.766. The predicted molar refractivity (Wildman–Crippen MR) is 90.4 cm³/mol. The van der Waals surface area contributed by atoms with E-state index in [1.807, 2.05) is 13.8 Å². The molecular formula is C16H22ClN3O4. The summed E-state index contributed by atoms with van der Waals surface area (Å²) in [6.45, 7) is 3.42. The van der Waals surface area contributed by atoms with Gasteiger partial charge in [-0.2, -0.15) is 0 Å². The number of urea groups is 1. The van der Waals surface area contributed by atoms with Gasteiger partial charge in [0.05, 0.1) is 12.5 Å². The van der Waals surface area contributed by atoms with E-state index in [1.54, 1.807) is 24.3 Å². The third-order valence-corrected chi connectivity index (χ3v) is 3.60. The van der Waals surface area contributed by atoms with Gasteiger partial charge in [-0.15, -0.1) is 0 Å². The van der Waals surface area contributed by atoms with Gasteiger partial charge in [0.1, 0.15) is 0 Å². The van der Waals surface area contributed by atoms with E-state index in [0.29, 0.717) is 10.6 Å². The lowest BCUT2D eigenvalue weighted by atomic mass is 10.0. The molecule has 0 fully saturated rings. The van der Waals surface area contributed by atoms with Crippen molar-refractivity contribution in [3.05, 3.63) is 34.9 Å². The van der Waals surface area contributed by atoms with Crippen LogP contribution in [0.25, 0.3) is 0 Å². The van der Waals surface area contributed by atoms with Crippen molar-refractivity contribution < 1.29 is 19.1 Å². The second kappa shape index (κ2) is 9.77. The number of nitrogens with two attached hydrogens (primary N) is 1. The molecule has 24 heavy (non-hydrogen) atoms. The van der Waals surface area contributed by atoms with Crippen LogP contribution < -0.4 is 16.4 Å². The number of amides is 3. The molecule has 1 aromatic carbocycles. The van der Waals surface area contributed by atoms with Gasteiger partial charge in [0.15, 0.2) is 6.61 Å². The first-order valence-corrected chi connectivity index (χ1v) is 7.96. The lowest BCUT2D eigenvalue weighted by Crippen LogP contribution is -2.37. The van der Waals surface area contributed by atoms with E-state index in [4.69, 9.17) is 22.1 Å². The fraction of sp³-hybridized carbons (Fsp3) is 0.438. The maximum atomic E-state index is 11.9. The molecule has 0 aliphatic rings. The molecule has 0 radical (unpaired) electrons. The summed E-state index contributed by atoms with van der Waals surface area (Å²) in [7, 11) is 0. The van der Waals surface area contributed by atoms with Crippen molar-refractivity contribution in [2.75, 3.05) is 6.61 Å². The van der Waals surface area contributed by atoms with Gasteiger partial charge in [-0.1, -0.05) is 30.7 Å². The second-order valence-corrected chi connectivity index (χ2v) is 5.79. The van der Waals surface area contributed by atoms with E-state index < -0.39 is 18.0 Å². The summed E-state index contributed by atoms with van der Waals surface area (Å²) in [5.41, 5.74) is 5.79. The Balaban J connectivity index is 2.60. The van der Waals surface area contributed by atoms with Gasteiger partial charge in [0, 0.05) is 11.1 Å². The zero-order valence-corrected chi connectivity index (χ0v) is 14.4. The molecule has 4 N–H and O–H groups in total. The average molecular weight is 356 g/mol. The highest BCUT2D eigenvalue weighted by molar-refractivity contribution is 6.30. The summed E-state index contributed by atoms with van der Waals surface area (Å²) in [6.07, 6.45) is 0.627. The van der Waals surface area contributed by atoms with Gasteiger partial charge in [-0.25, -0.2) is 4.79 Å². The lowest BCUT2D eigenvalue weighted by molar-refractivity contribution is -0.149. The van der Waals surface area contributed by atoms with Crippen LogP contribution in [0.3, 0.4) is 0 Å². The van der Waals surface area contributed by atoms with Crippen molar-refractivity contribution in [2.24, 2.45) is 5.73 Å². The zero-order chi connectivity index (χ0) is 18.1. The highest BCUT2D eigenvalue weighted by Crippen LogP contribution is 2.19. The van der Waals surface area contributed by atoms with Crippen LogP contribution in [-0.2, 0) is 14.3 Å². The van der Waals surface area contributed by atoms with Crippen LogP contribution in [-0.4, -0.2) is 30.6 Å². The van der Waals surface area contributed by atoms with Crippen LogP contribution in [0, 0.1) is 0 Å². The van der Waals surface area contributed by atoms with Crippen molar-refractivity contribution in [3.63, 3.8) is 0 Å². The molecule has 0 heterocycles. The zero-order valence-electron chi connectivity index (χ0n) is 13.7. The number of rotatable bonds is 8. The third kappa shape index (κ3) is 7.32. The quantitative estimate of drug-likeness (QED) is 0.618. The molecule has 0 bridgehead atoms. The average Bonchev–Trinajstić information content (AvgIpc) is 2.52. The maximum Gasteiger partial charge on any atom is 0.312 e. The number of ether oxygens (including phenoxy) is 1. The van der Waals surface area contributed by atoms with E-state index in [1.165, 1.54) is 0 Å². The molecule has 8 heteroatoms. The van der Waals surface area contributed by atoms with Crippen LogP contribution in [0.5, 0.6) is 0 Å². The van der Waals surface area contributed by atoms with Crippen molar-refractivity contribution >= 4 is 29.5 Å². The van der Waals surface area contributed by atoms with Crippen molar-refractivity contribution in [2.45, 2.75) is 38.8 Å². The Morgan fingerprint density at radius 1 is 1.21 bits per heavy atom. The summed E-state index contributed by atoms with van der Waals surface area (Å²) in [6, 6.07) is 5.20. The molecule has 0 unspecified atom stereocenters. The number of halogens is 1. The number of primary amides is 1. The highest BCUT2D eigenvalue weighted by Gasteiger charge is 2.19. The molecule has 0 spiro atoms. The van der Waals surface area contributed by atoms with Gasteiger partial charge in [-0.05, 0) is 31.0 Å². The summed E-state index contributed by atoms with van der Waals surface area (Å²) in [4.78, 5) is 34.6. The van der Waals surface area contributed by atoms with Crippen molar-refractivity contribution in [1.82, 2.24) is 10.6 Å². The number of hydrogen-bond acceptors (Lipinski definition) is 4. The summed E-state index contributed by atoms with van der Waals surface area (Å²) >= 11 is 5.82. The maximum absolute atomic E-state index is 11.9. The summed E-state index contributed by atoms with van der Waals surface area (Å²) < 4.78 is 4.94. The van der Waals surface area contributed by atoms with E-state index in [0.717, 1.165) is 6.42 Å². The number of carbonyl (C=O) groups excluding carboxylic acids is 3. The van der Waals surface area contributed by atoms with Gasteiger partial charge in [0.2, 0.25) is 0 Å². The van der Waals surface area contributed by atoms with Crippen LogP contribution in [0.4, 0.5) is 4.79 Å². The minimum absolute atomic E-state index is 0.00884. The Labute approximate surface area is 145 Å². The third-order valence-electron chi connectivity index (χ3n) is 3.34. The Morgan fingerprint density at radius 3 is 2.38 bits per heavy atom. The molecule has 1 rings (SSSR count). The van der Waals surface area contributed by atoms with E-state index in [2.05, 4.69) is 10.6 Å². The van der Waals surface area contributed by atoms with Gasteiger partial charge in [0.25, 0.3) is 5.91 Å². The first-order valence-electron chi connectivity index (χ1n) is 7.58. The largest absolute Gasteiger partial charge is 0.456 e. The Bertz CT molecular complexity index is 577. The van der Waals surface area contributed by atoms with Crippen molar-refractivity contribution in [1.29, 1.82) is 0 Å². The van der Waals surface area contributed by atoms with E-state index >= 15 is 0 Å². The molecule has 0 aromatic heterocycles. The molecule has 3 amide bonds. The van der Waals surface area contributed by atoms with Crippen LogP contribution in [0.15, 0.2) is 24.3 Å². The standard InChI is InChI=1S/C16H22ClN3O4/c1-3-10(2)19-14(21)9-24-15(22)8-13(20-16(18)23)11-4-6-12(17)7-5-11/h4-7,10,13H,3,8-9H2,1-2H3,(H,19,21)(H3,18,20,23)/t10-,13-/m0/s1. The molecule has 0 aliphatic carbocycles. The Kier molecular flexibility index (Phi) is 8.05. The molecule has 0 saturated heterocycles. The Morgan fingerprint density at radius 2 is 1.83 bits per heavy atom. The van der Waals surface area contributed by atoms with Gasteiger partial charge >= 0.3 is 12.0 Å².